The van der Waals surface area contributed by atoms with E-state index in [9.17, 15) is 24.9 Å². The van der Waals surface area contributed by atoms with Crippen molar-refractivity contribution < 1.29 is 62.8 Å². The standard InChI is InChI=1S/C41H44O13/c1-47-34-21-27(8-14-30(34)42)11-18-39(45)52-20-6-7-26-10-17-33(37(23-26)50-4)54-38(41(51-5)29-13-16-32(44)36(24-29)49-3)25-53-40(46)19-12-28-9-15-31(43)35(22-28)48-2/h8-19,21-24,38,41-44H,6-7,20,25H2,1-5H3/b18-11+,19-12+. The highest BCUT2D eigenvalue weighted by Gasteiger charge is 2.29. The number of hydrogen-bond donors (Lipinski definition) is 3. The van der Waals surface area contributed by atoms with Crippen LogP contribution in [0.25, 0.3) is 12.2 Å². The summed E-state index contributed by atoms with van der Waals surface area (Å²) >= 11 is 0. The predicted molar refractivity (Wildman–Crippen MR) is 199 cm³/mol. The summed E-state index contributed by atoms with van der Waals surface area (Å²) in [7, 11) is 7.28. The number of aryl methyl sites for hydroxylation is 1. The first kappa shape index (κ1) is 40.4. The average molecular weight is 745 g/mol. The molecule has 2 atom stereocenters. The second-order valence-corrected chi connectivity index (χ2v) is 11.7. The molecule has 0 saturated heterocycles. The molecule has 0 bridgehead atoms. The van der Waals surface area contributed by atoms with Gasteiger partial charge in [-0.15, -0.1) is 0 Å². The van der Waals surface area contributed by atoms with E-state index in [-0.39, 0.29) is 42.0 Å². The first-order chi connectivity index (χ1) is 26.1. The van der Waals surface area contributed by atoms with Gasteiger partial charge in [0.05, 0.1) is 35.0 Å². The SMILES string of the molecule is COc1cc(/C=C/C(=O)OCCCc2ccc(OC(COC(=O)/C=C/c3ccc(O)c(OC)c3)C(OC)c3ccc(O)c(OC)c3)c(OC)c2)ccc1O. The minimum Gasteiger partial charge on any atom is -0.504 e. The monoisotopic (exact) mass is 744 g/mol. The number of hydrogen-bond acceptors (Lipinski definition) is 13. The Morgan fingerprint density at radius 3 is 1.70 bits per heavy atom. The number of aromatic hydroxyl groups is 3. The molecule has 4 aromatic rings. The van der Waals surface area contributed by atoms with Crippen LogP contribution in [-0.4, -0.2) is 82.1 Å². The molecule has 286 valence electrons. The lowest BCUT2D eigenvalue weighted by atomic mass is 10.0. The van der Waals surface area contributed by atoms with E-state index < -0.39 is 24.1 Å². The van der Waals surface area contributed by atoms with E-state index in [0.717, 1.165) is 5.56 Å². The van der Waals surface area contributed by atoms with Crippen LogP contribution < -0.4 is 23.7 Å². The van der Waals surface area contributed by atoms with Crippen molar-refractivity contribution in [3.63, 3.8) is 0 Å². The van der Waals surface area contributed by atoms with Crippen LogP contribution in [0.15, 0.2) is 84.9 Å². The van der Waals surface area contributed by atoms with E-state index in [1.165, 1.54) is 72.0 Å². The zero-order valence-corrected chi connectivity index (χ0v) is 30.6. The van der Waals surface area contributed by atoms with Crippen molar-refractivity contribution in [3.05, 3.63) is 107 Å². The Bertz CT molecular complexity index is 1930. The molecule has 54 heavy (non-hydrogen) atoms. The fourth-order valence-electron chi connectivity index (χ4n) is 5.32. The fraction of sp³-hybridized carbons (Fsp3) is 0.268. The van der Waals surface area contributed by atoms with Gasteiger partial charge in [0.2, 0.25) is 0 Å². The number of benzene rings is 4. The lowest BCUT2D eigenvalue weighted by Crippen LogP contribution is -2.32. The maximum Gasteiger partial charge on any atom is 0.330 e. The summed E-state index contributed by atoms with van der Waals surface area (Å²) in [4.78, 5) is 25.1. The van der Waals surface area contributed by atoms with Gasteiger partial charge in [0, 0.05) is 19.3 Å². The molecule has 0 heterocycles. The highest BCUT2D eigenvalue weighted by molar-refractivity contribution is 5.87. The van der Waals surface area contributed by atoms with Crippen molar-refractivity contribution in [1.82, 2.24) is 0 Å². The van der Waals surface area contributed by atoms with Crippen LogP contribution in [-0.2, 0) is 30.2 Å². The van der Waals surface area contributed by atoms with Gasteiger partial charge in [-0.05, 0) is 95.8 Å². The van der Waals surface area contributed by atoms with Crippen molar-refractivity contribution in [2.75, 3.05) is 48.8 Å². The van der Waals surface area contributed by atoms with Gasteiger partial charge in [-0.1, -0.05) is 24.3 Å². The molecular weight excluding hydrogens is 700 g/mol. The number of ether oxygens (including phenoxy) is 8. The molecule has 0 amide bonds. The van der Waals surface area contributed by atoms with Gasteiger partial charge in [-0.25, -0.2) is 9.59 Å². The molecule has 2 unspecified atom stereocenters. The Labute approximate surface area is 313 Å². The molecule has 13 heteroatoms. The summed E-state index contributed by atoms with van der Waals surface area (Å²) in [6, 6.07) is 19.5. The highest BCUT2D eigenvalue weighted by Crippen LogP contribution is 2.36. The van der Waals surface area contributed by atoms with Gasteiger partial charge in [-0.2, -0.15) is 0 Å². The third kappa shape index (κ3) is 11.3. The van der Waals surface area contributed by atoms with Gasteiger partial charge >= 0.3 is 11.9 Å². The van der Waals surface area contributed by atoms with Gasteiger partial charge in [-0.3, -0.25) is 0 Å². The first-order valence-electron chi connectivity index (χ1n) is 16.8. The quantitative estimate of drug-likeness (QED) is 0.0547. The molecule has 0 aliphatic rings. The van der Waals surface area contributed by atoms with Crippen LogP contribution >= 0.6 is 0 Å². The molecule has 3 N–H and O–H groups in total. The maximum atomic E-state index is 12.8. The van der Waals surface area contributed by atoms with Crippen molar-refractivity contribution >= 4 is 24.1 Å². The van der Waals surface area contributed by atoms with Gasteiger partial charge in [0.15, 0.2) is 52.1 Å². The molecule has 0 spiro atoms. The minimum atomic E-state index is -0.898. The van der Waals surface area contributed by atoms with Gasteiger partial charge in [0.1, 0.15) is 12.7 Å². The van der Waals surface area contributed by atoms with Crippen LogP contribution in [0.5, 0.6) is 46.0 Å². The lowest BCUT2D eigenvalue weighted by Gasteiger charge is -2.28. The van der Waals surface area contributed by atoms with Crippen LogP contribution in [0.2, 0.25) is 0 Å². The third-order valence-electron chi connectivity index (χ3n) is 8.11. The molecule has 0 fully saturated rings. The summed E-state index contributed by atoms with van der Waals surface area (Å²) in [5.41, 5.74) is 2.75. The van der Waals surface area contributed by atoms with E-state index in [0.29, 0.717) is 46.8 Å². The molecule has 0 aliphatic carbocycles. The summed E-state index contributed by atoms with van der Waals surface area (Å²) in [6.45, 7) is -0.0643. The molecule has 13 nitrogen and oxygen atoms in total. The fourth-order valence-corrected chi connectivity index (χ4v) is 5.32. The zero-order valence-electron chi connectivity index (χ0n) is 30.6. The van der Waals surface area contributed by atoms with Crippen molar-refractivity contribution in [1.29, 1.82) is 0 Å². The highest BCUT2D eigenvalue weighted by atomic mass is 16.6. The van der Waals surface area contributed by atoms with E-state index >= 15 is 0 Å². The summed E-state index contributed by atoms with van der Waals surface area (Å²) in [6.07, 6.45) is 5.05. The molecular formula is C41H44O13. The number of carbonyl (C=O) groups excluding carboxylic acids is 2. The second kappa shape index (κ2) is 20.0. The largest absolute Gasteiger partial charge is 0.504 e. The minimum absolute atomic E-state index is 0.00199. The molecule has 0 saturated carbocycles. The van der Waals surface area contributed by atoms with Crippen molar-refractivity contribution in [2.24, 2.45) is 0 Å². The number of carbonyl (C=O) groups is 2. The summed E-state index contributed by atoms with van der Waals surface area (Å²) in [5, 5.41) is 29.8. The molecule has 0 aromatic heterocycles. The zero-order chi connectivity index (χ0) is 39.0. The second-order valence-electron chi connectivity index (χ2n) is 11.7. The number of rotatable bonds is 19. The lowest BCUT2D eigenvalue weighted by molar-refractivity contribution is -0.143. The van der Waals surface area contributed by atoms with E-state index in [2.05, 4.69) is 0 Å². The Morgan fingerprint density at radius 2 is 1.15 bits per heavy atom. The number of phenolic OH excluding ortho intramolecular Hbond substituents is 3. The first-order valence-corrected chi connectivity index (χ1v) is 16.8. The van der Waals surface area contributed by atoms with E-state index in [1.54, 1.807) is 54.6 Å². The van der Waals surface area contributed by atoms with Crippen LogP contribution in [0.4, 0.5) is 0 Å². The van der Waals surface area contributed by atoms with Crippen molar-refractivity contribution in [2.45, 2.75) is 25.0 Å². The molecule has 0 radical (unpaired) electrons. The Hall–Kier alpha value is -6.34. The summed E-state index contributed by atoms with van der Waals surface area (Å²) in [5.74, 6) is 0.278. The summed E-state index contributed by atoms with van der Waals surface area (Å²) < 4.78 is 44.4. The Morgan fingerprint density at radius 1 is 0.611 bits per heavy atom. The number of esters is 2. The Balaban J connectivity index is 1.43. The Kier molecular flexibility index (Phi) is 15.0. The van der Waals surface area contributed by atoms with Gasteiger partial charge < -0.3 is 53.2 Å². The average Bonchev–Trinajstić information content (AvgIpc) is 3.18. The molecule has 4 aromatic carbocycles. The molecule has 0 aliphatic heterocycles. The van der Waals surface area contributed by atoms with Crippen LogP contribution in [0, 0.1) is 0 Å². The number of phenols is 3. The third-order valence-corrected chi connectivity index (χ3v) is 8.11. The van der Waals surface area contributed by atoms with Crippen molar-refractivity contribution in [3.8, 4) is 46.0 Å². The van der Waals surface area contributed by atoms with E-state index in [4.69, 9.17) is 37.9 Å². The normalized spacial score (nSPS) is 12.2. The number of methoxy groups -OCH3 is 5. The van der Waals surface area contributed by atoms with E-state index in [1.807, 2.05) is 6.07 Å². The predicted octanol–water partition coefficient (Wildman–Crippen LogP) is 6.42. The smallest absolute Gasteiger partial charge is 0.330 e. The maximum absolute atomic E-state index is 12.8. The molecule has 4 rings (SSSR count). The topological polar surface area (TPSA) is 169 Å². The van der Waals surface area contributed by atoms with Crippen LogP contribution in [0.3, 0.4) is 0 Å². The van der Waals surface area contributed by atoms with Crippen LogP contribution in [0.1, 0.15) is 34.8 Å². The van der Waals surface area contributed by atoms with Gasteiger partial charge in [0.25, 0.3) is 0 Å².